The van der Waals surface area contributed by atoms with Gasteiger partial charge in [0.25, 0.3) is 0 Å². The molecule has 0 aliphatic heterocycles. The highest BCUT2D eigenvalue weighted by molar-refractivity contribution is 5.87. The molecular weight excluding hydrogens is 246 g/mol. The Hall–Kier alpha value is -1.88. The molecule has 0 saturated carbocycles. The molecule has 1 atom stereocenters. The average Bonchev–Trinajstić information content (AvgIpc) is 2.27. The van der Waals surface area contributed by atoms with Gasteiger partial charge in [0.15, 0.2) is 0 Å². The summed E-state index contributed by atoms with van der Waals surface area (Å²) < 4.78 is 5.18. The molecule has 0 heterocycles. The minimum absolute atomic E-state index is 0.203. The van der Waals surface area contributed by atoms with Crippen molar-refractivity contribution in [1.29, 1.82) is 0 Å². The van der Waals surface area contributed by atoms with E-state index in [2.05, 4.69) is 0 Å². The Bertz CT molecular complexity index is 459. The highest BCUT2D eigenvalue weighted by Gasteiger charge is 2.22. The molecule has 19 heavy (non-hydrogen) atoms. The van der Waals surface area contributed by atoms with Gasteiger partial charge in [-0.2, -0.15) is 0 Å². The van der Waals surface area contributed by atoms with Crippen LogP contribution in [0.15, 0.2) is 24.3 Å². The fraction of sp³-hybridized carbons (Fsp3) is 0.429. The summed E-state index contributed by atoms with van der Waals surface area (Å²) in [6.07, 6.45) is 0.314. The molecule has 0 spiro atoms. The van der Waals surface area contributed by atoms with Gasteiger partial charge >= 0.3 is 11.9 Å². The lowest BCUT2D eigenvalue weighted by Gasteiger charge is -2.22. The summed E-state index contributed by atoms with van der Waals surface area (Å²) in [5, 5.41) is 8.77. The van der Waals surface area contributed by atoms with Crippen molar-refractivity contribution < 1.29 is 19.4 Å². The van der Waals surface area contributed by atoms with E-state index in [4.69, 9.17) is 15.6 Å². The Morgan fingerprint density at radius 2 is 1.79 bits per heavy atom. The molecule has 0 radical (unpaired) electrons. The maximum absolute atomic E-state index is 11.7. The molecular formula is C14H19NO4. The quantitative estimate of drug-likeness (QED) is 0.807. The second-order valence-corrected chi connectivity index (χ2v) is 5.35. The third-order valence-electron chi connectivity index (χ3n) is 2.37. The number of carbonyl (C=O) groups excluding carboxylic acids is 1. The molecule has 0 saturated heterocycles. The topological polar surface area (TPSA) is 89.6 Å². The number of rotatable bonds is 4. The van der Waals surface area contributed by atoms with Crippen molar-refractivity contribution in [3.05, 3.63) is 35.4 Å². The van der Waals surface area contributed by atoms with Crippen LogP contribution in [0.3, 0.4) is 0 Å². The molecule has 0 aliphatic rings. The van der Waals surface area contributed by atoms with Gasteiger partial charge in [-0.1, -0.05) is 12.1 Å². The van der Waals surface area contributed by atoms with E-state index in [9.17, 15) is 9.59 Å². The van der Waals surface area contributed by atoms with Crippen LogP contribution in [0.2, 0.25) is 0 Å². The molecule has 1 rings (SSSR count). The first-order valence-corrected chi connectivity index (χ1v) is 6.00. The lowest BCUT2D eigenvalue weighted by molar-refractivity contribution is -0.156. The van der Waals surface area contributed by atoms with Gasteiger partial charge in [0.05, 0.1) is 5.56 Å². The lowest BCUT2D eigenvalue weighted by Crippen LogP contribution is -2.38. The monoisotopic (exact) mass is 265 g/mol. The fourth-order valence-corrected chi connectivity index (χ4v) is 1.50. The van der Waals surface area contributed by atoms with Gasteiger partial charge in [-0.15, -0.1) is 0 Å². The van der Waals surface area contributed by atoms with Crippen LogP contribution >= 0.6 is 0 Å². The Morgan fingerprint density at radius 3 is 2.21 bits per heavy atom. The number of benzene rings is 1. The standard InChI is InChI=1S/C14H19NO4/c1-14(2,3)19-13(18)11(15)8-9-4-6-10(7-5-9)12(16)17/h4-7,11H,8,15H2,1-3H3,(H,16,17)/t11-/m0/s1. The van der Waals surface area contributed by atoms with Crippen molar-refractivity contribution in [2.45, 2.75) is 38.8 Å². The smallest absolute Gasteiger partial charge is 0.335 e. The number of nitrogens with two attached hydrogens (primary N) is 1. The average molecular weight is 265 g/mol. The third-order valence-corrected chi connectivity index (χ3v) is 2.37. The zero-order chi connectivity index (χ0) is 14.6. The SMILES string of the molecule is CC(C)(C)OC(=O)[C@@H](N)Cc1ccc(C(=O)O)cc1. The van der Waals surface area contributed by atoms with Gasteiger partial charge in [0.2, 0.25) is 0 Å². The number of ether oxygens (including phenoxy) is 1. The Balaban J connectivity index is 2.64. The molecule has 5 nitrogen and oxygen atoms in total. The molecule has 5 heteroatoms. The van der Waals surface area contributed by atoms with Crippen molar-refractivity contribution in [2.24, 2.45) is 5.73 Å². The number of aromatic carboxylic acids is 1. The van der Waals surface area contributed by atoms with Crippen molar-refractivity contribution in [2.75, 3.05) is 0 Å². The van der Waals surface area contributed by atoms with Crippen LogP contribution in [0.4, 0.5) is 0 Å². The van der Waals surface area contributed by atoms with E-state index < -0.39 is 23.6 Å². The van der Waals surface area contributed by atoms with Gasteiger partial charge in [0, 0.05) is 0 Å². The van der Waals surface area contributed by atoms with Crippen LogP contribution in [0.25, 0.3) is 0 Å². The molecule has 104 valence electrons. The largest absolute Gasteiger partial charge is 0.478 e. The number of hydrogen-bond acceptors (Lipinski definition) is 4. The van der Waals surface area contributed by atoms with Crippen molar-refractivity contribution >= 4 is 11.9 Å². The first kappa shape index (κ1) is 15.2. The van der Waals surface area contributed by atoms with E-state index in [-0.39, 0.29) is 5.56 Å². The number of carbonyl (C=O) groups is 2. The predicted molar refractivity (Wildman–Crippen MR) is 70.9 cm³/mol. The molecule has 1 aromatic carbocycles. The number of carboxylic acid groups (broad SMARTS) is 1. The highest BCUT2D eigenvalue weighted by atomic mass is 16.6. The van der Waals surface area contributed by atoms with Gasteiger partial charge in [-0.3, -0.25) is 4.79 Å². The van der Waals surface area contributed by atoms with Crippen LogP contribution in [-0.4, -0.2) is 28.7 Å². The Morgan fingerprint density at radius 1 is 1.26 bits per heavy atom. The maximum Gasteiger partial charge on any atom is 0.335 e. The molecule has 3 N–H and O–H groups in total. The summed E-state index contributed by atoms with van der Waals surface area (Å²) in [6, 6.07) is 5.51. The summed E-state index contributed by atoms with van der Waals surface area (Å²) in [5.41, 5.74) is 6.19. The van der Waals surface area contributed by atoms with Gasteiger partial charge in [-0.25, -0.2) is 4.79 Å². The van der Waals surface area contributed by atoms with Crippen molar-refractivity contribution in [3.63, 3.8) is 0 Å². The lowest BCUT2D eigenvalue weighted by atomic mass is 10.0. The van der Waals surface area contributed by atoms with Crippen LogP contribution < -0.4 is 5.73 Å². The van der Waals surface area contributed by atoms with Crippen LogP contribution in [0.5, 0.6) is 0 Å². The van der Waals surface area contributed by atoms with Gasteiger partial charge in [-0.05, 0) is 44.9 Å². The second kappa shape index (κ2) is 5.84. The van der Waals surface area contributed by atoms with Crippen LogP contribution in [0, 0.1) is 0 Å². The summed E-state index contributed by atoms with van der Waals surface area (Å²) in [5.74, 6) is -1.45. The number of esters is 1. The zero-order valence-corrected chi connectivity index (χ0v) is 11.3. The van der Waals surface area contributed by atoms with Crippen molar-refractivity contribution in [3.8, 4) is 0 Å². The summed E-state index contributed by atoms with van der Waals surface area (Å²) >= 11 is 0. The second-order valence-electron chi connectivity index (χ2n) is 5.35. The molecule has 0 fully saturated rings. The summed E-state index contributed by atoms with van der Waals surface area (Å²) in [7, 11) is 0. The Kier molecular flexibility index (Phi) is 4.67. The maximum atomic E-state index is 11.7. The van der Waals surface area contributed by atoms with Crippen LogP contribution in [-0.2, 0) is 16.0 Å². The minimum atomic E-state index is -0.983. The van der Waals surface area contributed by atoms with Gasteiger partial charge in [0.1, 0.15) is 11.6 Å². The van der Waals surface area contributed by atoms with Crippen molar-refractivity contribution in [1.82, 2.24) is 0 Å². The first-order valence-electron chi connectivity index (χ1n) is 6.00. The normalized spacial score (nSPS) is 12.8. The predicted octanol–water partition coefficient (Wildman–Crippen LogP) is 1.60. The molecule has 0 aromatic heterocycles. The van der Waals surface area contributed by atoms with E-state index >= 15 is 0 Å². The summed E-state index contributed by atoms with van der Waals surface area (Å²) in [6.45, 7) is 5.33. The van der Waals surface area contributed by atoms with E-state index in [0.717, 1.165) is 5.56 Å². The molecule has 0 unspecified atom stereocenters. The van der Waals surface area contributed by atoms with E-state index in [1.807, 2.05) is 0 Å². The minimum Gasteiger partial charge on any atom is -0.478 e. The van der Waals surface area contributed by atoms with Crippen LogP contribution in [0.1, 0.15) is 36.7 Å². The molecule has 1 aromatic rings. The van der Waals surface area contributed by atoms with E-state index in [1.54, 1.807) is 32.9 Å². The summed E-state index contributed by atoms with van der Waals surface area (Å²) in [4.78, 5) is 22.4. The fourth-order valence-electron chi connectivity index (χ4n) is 1.50. The van der Waals surface area contributed by atoms with Gasteiger partial charge < -0.3 is 15.6 Å². The first-order chi connectivity index (χ1) is 8.69. The highest BCUT2D eigenvalue weighted by Crippen LogP contribution is 2.11. The third kappa shape index (κ3) is 5.09. The zero-order valence-electron chi connectivity index (χ0n) is 11.3. The van der Waals surface area contributed by atoms with E-state index in [1.165, 1.54) is 12.1 Å². The number of carboxylic acids is 1. The molecule has 0 amide bonds. The van der Waals surface area contributed by atoms with E-state index in [0.29, 0.717) is 6.42 Å². The Labute approximate surface area is 112 Å². The molecule has 0 bridgehead atoms. The number of hydrogen-bond donors (Lipinski definition) is 2. The molecule has 0 aliphatic carbocycles.